The standard InChI is InChI=1S/C18H16Cl2N4O2/c1-25-12-4-6-14(16(8-12)26-2)23-17-9-18(22-10-21-17)24-15-7-11(19)3-5-13(15)20/h3-10H,1-2H3,(H2,21,22,23,24). The van der Waals surface area contributed by atoms with Gasteiger partial charge in [-0.25, -0.2) is 9.97 Å². The zero-order valence-electron chi connectivity index (χ0n) is 14.1. The molecule has 0 fully saturated rings. The predicted molar refractivity (Wildman–Crippen MR) is 105 cm³/mol. The first-order valence-electron chi connectivity index (χ1n) is 7.62. The van der Waals surface area contributed by atoms with E-state index < -0.39 is 0 Å². The molecule has 8 heteroatoms. The van der Waals surface area contributed by atoms with Gasteiger partial charge in [-0.2, -0.15) is 0 Å². The van der Waals surface area contributed by atoms with Gasteiger partial charge in [0.2, 0.25) is 0 Å². The minimum absolute atomic E-state index is 0.541. The van der Waals surface area contributed by atoms with E-state index >= 15 is 0 Å². The zero-order chi connectivity index (χ0) is 18.5. The molecule has 0 atom stereocenters. The third kappa shape index (κ3) is 4.28. The van der Waals surface area contributed by atoms with E-state index in [9.17, 15) is 0 Å². The molecule has 3 rings (SSSR count). The molecule has 2 aromatic carbocycles. The Bertz CT molecular complexity index is 921. The first-order chi connectivity index (χ1) is 12.6. The first kappa shape index (κ1) is 18.1. The van der Waals surface area contributed by atoms with Crippen molar-refractivity contribution in [1.29, 1.82) is 0 Å². The molecule has 3 aromatic rings. The maximum atomic E-state index is 6.18. The second kappa shape index (κ2) is 8.12. The van der Waals surface area contributed by atoms with Crippen LogP contribution in [0.5, 0.6) is 11.5 Å². The molecule has 2 N–H and O–H groups in total. The average molecular weight is 391 g/mol. The van der Waals surface area contributed by atoms with Crippen LogP contribution in [-0.2, 0) is 0 Å². The third-order valence-electron chi connectivity index (χ3n) is 3.53. The summed E-state index contributed by atoms with van der Waals surface area (Å²) in [6.45, 7) is 0. The Hall–Kier alpha value is -2.70. The highest BCUT2D eigenvalue weighted by atomic mass is 35.5. The van der Waals surface area contributed by atoms with E-state index in [-0.39, 0.29) is 0 Å². The van der Waals surface area contributed by atoms with E-state index in [4.69, 9.17) is 32.7 Å². The zero-order valence-corrected chi connectivity index (χ0v) is 15.6. The van der Waals surface area contributed by atoms with Crippen molar-refractivity contribution in [2.24, 2.45) is 0 Å². The van der Waals surface area contributed by atoms with Gasteiger partial charge in [0.1, 0.15) is 29.5 Å². The number of aromatic nitrogens is 2. The van der Waals surface area contributed by atoms with Gasteiger partial charge in [-0.3, -0.25) is 0 Å². The minimum Gasteiger partial charge on any atom is -0.497 e. The molecular weight excluding hydrogens is 375 g/mol. The Balaban J connectivity index is 1.83. The molecule has 0 aliphatic carbocycles. The van der Waals surface area contributed by atoms with Crippen LogP contribution in [0.25, 0.3) is 0 Å². The van der Waals surface area contributed by atoms with Gasteiger partial charge < -0.3 is 20.1 Å². The lowest BCUT2D eigenvalue weighted by atomic mass is 10.2. The van der Waals surface area contributed by atoms with Crippen molar-refractivity contribution in [1.82, 2.24) is 9.97 Å². The van der Waals surface area contributed by atoms with Gasteiger partial charge >= 0.3 is 0 Å². The van der Waals surface area contributed by atoms with Crippen LogP contribution >= 0.6 is 23.2 Å². The maximum absolute atomic E-state index is 6.18. The van der Waals surface area contributed by atoms with E-state index in [1.807, 2.05) is 12.1 Å². The summed E-state index contributed by atoms with van der Waals surface area (Å²) in [5, 5.41) is 7.44. The van der Waals surface area contributed by atoms with Gasteiger partial charge in [0.25, 0.3) is 0 Å². The highest BCUT2D eigenvalue weighted by molar-refractivity contribution is 6.35. The highest BCUT2D eigenvalue weighted by Crippen LogP contribution is 2.32. The molecule has 6 nitrogen and oxygen atoms in total. The van der Waals surface area contributed by atoms with Crippen LogP contribution < -0.4 is 20.1 Å². The van der Waals surface area contributed by atoms with Crippen molar-refractivity contribution in [2.45, 2.75) is 0 Å². The van der Waals surface area contributed by atoms with Crippen molar-refractivity contribution in [3.05, 3.63) is 58.8 Å². The second-order valence-electron chi connectivity index (χ2n) is 5.23. The largest absolute Gasteiger partial charge is 0.497 e. The SMILES string of the molecule is COc1ccc(Nc2cc(Nc3cc(Cl)ccc3Cl)ncn2)c(OC)c1. The number of benzene rings is 2. The van der Waals surface area contributed by atoms with Crippen LogP contribution in [0.4, 0.5) is 23.0 Å². The second-order valence-corrected chi connectivity index (χ2v) is 6.07. The number of anilines is 4. The number of methoxy groups -OCH3 is 2. The van der Waals surface area contributed by atoms with Crippen LogP contribution in [0.3, 0.4) is 0 Å². The Kier molecular flexibility index (Phi) is 5.65. The number of hydrogen-bond donors (Lipinski definition) is 2. The fourth-order valence-corrected chi connectivity index (χ4v) is 2.60. The molecule has 0 unspecified atom stereocenters. The number of nitrogens with one attached hydrogen (secondary N) is 2. The van der Waals surface area contributed by atoms with Gasteiger partial charge in [-0.05, 0) is 30.3 Å². The summed E-state index contributed by atoms with van der Waals surface area (Å²) in [4.78, 5) is 8.43. The molecule has 0 radical (unpaired) electrons. The van der Waals surface area contributed by atoms with Crippen molar-refractivity contribution < 1.29 is 9.47 Å². The molecule has 0 aliphatic rings. The van der Waals surface area contributed by atoms with Gasteiger partial charge in [-0.1, -0.05) is 23.2 Å². The molecule has 1 aromatic heterocycles. The van der Waals surface area contributed by atoms with Crippen molar-refractivity contribution in [2.75, 3.05) is 24.9 Å². The summed E-state index contributed by atoms with van der Waals surface area (Å²) in [6.07, 6.45) is 1.44. The predicted octanol–water partition coefficient (Wildman–Crippen LogP) is 5.29. The summed E-state index contributed by atoms with van der Waals surface area (Å²) >= 11 is 12.2. The molecule has 0 bridgehead atoms. The van der Waals surface area contributed by atoms with Crippen LogP contribution in [0.2, 0.25) is 10.0 Å². The Morgan fingerprint density at radius 3 is 2.23 bits per heavy atom. The topological polar surface area (TPSA) is 68.3 Å². The van der Waals surface area contributed by atoms with Gasteiger partial charge in [0.05, 0.1) is 30.6 Å². The van der Waals surface area contributed by atoms with Crippen LogP contribution in [0.1, 0.15) is 0 Å². The summed E-state index contributed by atoms with van der Waals surface area (Å²) in [5.74, 6) is 2.49. The smallest absolute Gasteiger partial charge is 0.146 e. The number of hydrogen-bond acceptors (Lipinski definition) is 6. The normalized spacial score (nSPS) is 10.3. The van der Waals surface area contributed by atoms with Crippen LogP contribution in [0, 0.1) is 0 Å². The quantitative estimate of drug-likeness (QED) is 0.595. The minimum atomic E-state index is 0.541. The molecule has 0 amide bonds. The Morgan fingerprint density at radius 1 is 0.808 bits per heavy atom. The fourth-order valence-electron chi connectivity index (χ4n) is 2.27. The molecule has 134 valence electrons. The third-order valence-corrected chi connectivity index (χ3v) is 4.09. The van der Waals surface area contributed by atoms with Gasteiger partial charge in [0, 0.05) is 17.2 Å². The lowest BCUT2D eigenvalue weighted by Crippen LogP contribution is -2.00. The molecule has 0 aliphatic heterocycles. The van der Waals surface area contributed by atoms with Crippen LogP contribution in [-0.4, -0.2) is 24.2 Å². The monoisotopic (exact) mass is 390 g/mol. The fraction of sp³-hybridized carbons (Fsp3) is 0.111. The number of rotatable bonds is 6. The van der Waals surface area contributed by atoms with Gasteiger partial charge in [0.15, 0.2) is 0 Å². The molecule has 0 saturated heterocycles. The average Bonchev–Trinajstić information content (AvgIpc) is 2.65. The lowest BCUT2D eigenvalue weighted by molar-refractivity contribution is 0.395. The van der Waals surface area contributed by atoms with E-state index in [0.717, 1.165) is 5.69 Å². The number of nitrogens with zero attached hydrogens (tertiary/aromatic N) is 2. The molecule has 0 saturated carbocycles. The molecule has 26 heavy (non-hydrogen) atoms. The highest BCUT2D eigenvalue weighted by Gasteiger charge is 2.08. The number of ether oxygens (including phenoxy) is 2. The maximum Gasteiger partial charge on any atom is 0.146 e. The first-order valence-corrected chi connectivity index (χ1v) is 8.38. The summed E-state index contributed by atoms with van der Waals surface area (Å²) in [7, 11) is 3.19. The summed E-state index contributed by atoms with van der Waals surface area (Å²) in [6, 6.07) is 12.4. The number of halogens is 2. The van der Waals surface area contributed by atoms with Crippen molar-refractivity contribution in [3.63, 3.8) is 0 Å². The van der Waals surface area contributed by atoms with E-state index in [1.54, 1.807) is 44.6 Å². The Morgan fingerprint density at radius 2 is 1.54 bits per heavy atom. The Labute approximate surface area is 161 Å². The van der Waals surface area contributed by atoms with Gasteiger partial charge in [-0.15, -0.1) is 0 Å². The summed E-state index contributed by atoms with van der Waals surface area (Å²) < 4.78 is 10.6. The summed E-state index contributed by atoms with van der Waals surface area (Å²) in [5.41, 5.74) is 1.41. The lowest BCUT2D eigenvalue weighted by Gasteiger charge is -2.13. The van der Waals surface area contributed by atoms with E-state index in [1.165, 1.54) is 6.33 Å². The van der Waals surface area contributed by atoms with E-state index in [0.29, 0.717) is 38.9 Å². The van der Waals surface area contributed by atoms with E-state index in [2.05, 4.69) is 20.6 Å². The van der Waals surface area contributed by atoms with Crippen molar-refractivity contribution in [3.8, 4) is 11.5 Å². The van der Waals surface area contributed by atoms with Crippen LogP contribution in [0.15, 0.2) is 48.8 Å². The molecular formula is C18H16Cl2N4O2. The molecule has 0 spiro atoms. The molecule has 1 heterocycles. The van der Waals surface area contributed by atoms with Crippen molar-refractivity contribution >= 4 is 46.2 Å².